The molecule has 1 heterocycles. The molecule has 1 aromatic rings. The summed E-state index contributed by atoms with van der Waals surface area (Å²) < 4.78 is 7.03. The molecule has 0 amide bonds. The average molecular weight is 439 g/mol. The average Bonchev–Trinajstić information content (AvgIpc) is 2.60. The van der Waals surface area contributed by atoms with Crippen molar-refractivity contribution in [1.82, 2.24) is 0 Å². The van der Waals surface area contributed by atoms with E-state index in [9.17, 15) is 5.11 Å². The highest BCUT2D eigenvalue weighted by Crippen LogP contribution is 2.47. The van der Waals surface area contributed by atoms with Gasteiger partial charge in [0.25, 0.3) is 0 Å². The van der Waals surface area contributed by atoms with E-state index < -0.39 is 14.4 Å². The molecule has 0 aliphatic carbocycles. The Hall–Kier alpha value is -0.203. The number of aliphatic hydroxyl groups is 1. The Balaban J connectivity index is 2.23. The van der Waals surface area contributed by atoms with Crippen molar-refractivity contribution in [3.05, 3.63) is 42.0 Å². The second-order valence-corrected chi connectivity index (χ2v) is 17.7. The molecule has 0 spiro atoms. The molecule has 2 atom stereocenters. The lowest BCUT2D eigenvalue weighted by molar-refractivity contribution is 0.0804. The van der Waals surface area contributed by atoms with Crippen LogP contribution in [-0.2, 0) is 4.43 Å². The van der Waals surface area contributed by atoms with Gasteiger partial charge in [0.15, 0.2) is 8.32 Å². The third-order valence-electron chi connectivity index (χ3n) is 6.03. The van der Waals surface area contributed by atoms with Crippen LogP contribution in [0.1, 0.15) is 64.2 Å². The minimum absolute atomic E-state index is 0.0527. The van der Waals surface area contributed by atoms with Crippen LogP contribution in [0.25, 0.3) is 6.08 Å². The minimum atomic E-state index is -1.92. The lowest BCUT2D eigenvalue weighted by Gasteiger charge is -2.43. The maximum Gasteiger partial charge on any atom is 0.192 e. The molecule has 2 nitrogen and oxygen atoms in total. The van der Waals surface area contributed by atoms with Gasteiger partial charge in [-0.2, -0.15) is 0 Å². The Morgan fingerprint density at radius 1 is 1.25 bits per heavy atom. The molecule has 1 aliphatic rings. The topological polar surface area (TPSA) is 29.5 Å². The number of rotatable bonds is 8. The Labute approximate surface area is 182 Å². The standard InChI is InChI=1S/C23H38O2S2Si/c1-8-18-12-9-10-13-20(18)21(24)16-19(25-28(6,7)22(2,3)4)17-23(5)26-14-11-15-27-23/h8-10,12-13,19,21,24H,1,11,14-17H2,2-7H3/t19-,21+/m0/s1. The molecule has 0 aromatic heterocycles. The molecule has 28 heavy (non-hydrogen) atoms. The molecule has 1 saturated heterocycles. The fourth-order valence-electron chi connectivity index (χ4n) is 3.35. The Morgan fingerprint density at radius 2 is 1.86 bits per heavy atom. The van der Waals surface area contributed by atoms with Crippen molar-refractivity contribution in [2.45, 2.75) is 81.4 Å². The Kier molecular flexibility index (Phi) is 8.37. The second kappa shape index (κ2) is 9.74. The lowest BCUT2D eigenvalue weighted by Crippen LogP contribution is -2.45. The SMILES string of the molecule is C=Cc1ccccc1[C@H](O)C[C@@H](CC1(C)SCCCS1)O[Si](C)(C)C(C)(C)C. The summed E-state index contributed by atoms with van der Waals surface area (Å²) in [6.45, 7) is 17.7. The van der Waals surface area contributed by atoms with Crippen LogP contribution >= 0.6 is 23.5 Å². The number of aliphatic hydroxyl groups excluding tert-OH is 1. The molecular weight excluding hydrogens is 400 g/mol. The fraction of sp³-hybridized carbons (Fsp3) is 0.652. The van der Waals surface area contributed by atoms with Gasteiger partial charge in [-0.15, -0.1) is 23.5 Å². The lowest BCUT2D eigenvalue weighted by atomic mass is 9.97. The summed E-state index contributed by atoms with van der Waals surface area (Å²) in [7, 11) is -1.92. The van der Waals surface area contributed by atoms with E-state index >= 15 is 0 Å². The van der Waals surface area contributed by atoms with Crippen LogP contribution in [0.2, 0.25) is 18.1 Å². The first kappa shape index (κ1) is 24.1. The summed E-state index contributed by atoms with van der Waals surface area (Å²) in [5.74, 6) is 2.44. The minimum Gasteiger partial charge on any atom is -0.414 e. The third-order valence-corrected chi connectivity index (χ3v) is 13.8. The van der Waals surface area contributed by atoms with Crippen LogP contribution in [0.4, 0.5) is 0 Å². The maximum absolute atomic E-state index is 11.1. The summed E-state index contributed by atoms with van der Waals surface area (Å²) in [4.78, 5) is 0. The van der Waals surface area contributed by atoms with Gasteiger partial charge < -0.3 is 9.53 Å². The molecule has 0 unspecified atom stereocenters. The molecule has 1 N–H and O–H groups in total. The van der Waals surface area contributed by atoms with E-state index in [-0.39, 0.29) is 15.2 Å². The predicted molar refractivity (Wildman–Crippen MR) is 131 cm³/mol. The van der Waals surface area contributed by atoms with Gasteiger partial charge in [-0.05, 0) is 60.5 Å². The maximum atomic E-state index is 11.1. The third kappa shape index (κ3) is 6.40. The largest absolute Gasteiger partial charge is 0.414 e. The summed E-state index contributed by atoms with van der Waals surface area (Å²) in [5, 5.41) is 11.2. The quantitative estimate of drug-likeness (QED) is 0.437. The molecule has 1 aliphatic heterocycles. The summed E-state index contributed by atoms with van der Waals surface area (Å²) >= 11 is 4.12. The zero-order valence-corrected chi connectivity index (χ0v) is 21.1. The zero-order valence-electron chi connectivity index (χ0n) is 18.5. The molecule has 1 aromatic carbocycles. The van der Waals surface area contributed by atoms with E-state index in [4.69, 9.17) is 4.43 Å². The smallest absolute Gasteiger partial charge is 0.192 e. The van der Waals surface area contributed by atoms with Crippen LogP contribution in [0.3, 0.4) is 0 Å². The molecule has 1 fully saturated rings. The van der Waals surface area contributed by atoms with Crippen molar-refractivity contribution >= 4 is 37.9 Å². The van der Waals surface area contributed by atoms with Crippen molar-refractivity contribution in [3.63, 3.8) is 0 Å². The summed E-state index contributed by atoms with van der Waals surface area (Å²) in [6.07, 6.45) is 4.24. The van der Waals surface area contributed by atoms with Crippen molar-refractivity contribution in [3.8, 4) is 0 Å². The normalized spacial score (nSPS) is 19.8. The Morgan fingerprint density at radius 3 is 2.43 bits per heavy atom. The second-order valence-electron chi connectivity index (χ2n) is 9.47. The van der Waals surface area contributed by atoms with Crippen molar-refractivity contribution in [2.24, 2.45) is 0 Å². The molecule has 2 rings (SSSR count). The Bertz CT molecular complexity index is 648. The first-order valence-electron chi connectivity index (χ1n) is 10.3. The number of hydrogen-bond acceptors (Lipinski definition) is 4. The van der Waals surface area contributed by atoms with Crippen molar-refractivity contribution in [2.75, 3.05) is 11.5 Å². The van der Waals surface area contributed by atoms with Crippen LogP contribution in [-0.4, -0.2) is 35.1 Å². The van der Waals surface area contributed by atoms with Gasteiger partial charge in [-0.25, -0.2) is 0 Å². The van der Waals surface area contributed by atoms with Crippen LogP contribution in [0.15, 0.2) is 30.8 Å². The fourth-order valence-corrected chi connectivity index (χ4v) is 7.78. The molecule has 158 valence electrons. The van der Waals surface area contributed by atoms with Gasteiger partial charge in [-0.3, -0.25) is 0 Å². The summed E-state index contributed by atoms with van der Waals surface area (Å²) in [6, 6.07) is 8.01. The number of thioether (sulfide) groups is 2. The molecule has 0 bridgehead atoms. The molecular formula is C23H38O2S2Si. The van der Waals surface area contributed by atoms with E-state index in [0.717, 1.165) is 17.5 Å². The zero-order chi connectivity index (χ0) is 21.0. The first-order valence-corrected chi connectivity index (χ1v) is 15.2. The van der Waals surface area contributed by atoms with Crippen molar-refractivity contribution < 1.29 is 9.53 Å². The highest BCUT2D eigenvalue weighted by Gasteiger charge is 2.41. The van der Waals surface area contributed by atoms with Gasteiger partial charge in [-0.1, -0.05) is 57.7 Å². The first-order chi connectivity index (χ1) is 13.0. The molecule has 5 heteroatoms. The van der Waals surface area contributed by atoms with Crippen LogP contribution < -0.4 is 0 Å². The molecule has 0 saturated carbocycles. The van der Waals surface area contributed by atoms with Crippen LogP contribution in [0, 0.1) is 0 Å². The van der Waals surface area contributed by atoms with E-state index in [0.29, 0.717) is 6.42 Å². The number of hydrogen-bond donors (Lipinski definition) is 1. The van der Waals surface area contributed by atoms with Gasteiger partial charge in [0.2, 0.25) is 0 Å². The molecule has 0 radical (unpaired) electrons. The highest BCUT2D eigenvalue weighted by atomic mass is 32.2. The van der Waals surface area contributed by atoms with Gasteiger partial charge in [0.1, 0.15) is 0 Å². The van der Waals surface area contributed by atoms with E-state index in [1.165, 1.54) is 17.9 Å². The van der Waals surface area contributed by atoms with E-state index in [1.54, 1.807) is 0 Å². The highest BCUT2D eigenvalue weighted by molar-refractivity contribution is 8.18. The van der Waals surface area contributed by atoms with Crippen LogP contribution in [0.5, 0.6) is 0 Å². The van der Waals surface area contributed by atoms with Gasteiger partial charge >= 0.3 is 0 Å². The van der Waals surface area contributed by atoms with Crippen molar-refractivity contribution in [1.29, 1.82) is 0 Å². The summed E-state index contributed by atoms with van der Waals surface area (Å²) in [5.41, 5.74) is 1.96. The van der Waals surface area contributed by atoms with Gasteiger partial charge in [0.05, 0.1) is 10.2 Å². The van der Waals surface area contributed by atoms with E-state index in [2.05, 4.69) is 70.9 Å². The predicted octanol–water partition coefficient (Wildman–Crippen LogP) is 7.12. The number of benzene rings is 1. The monoisotopic (exact) mass is 438 g/mol. The van der Waals surface area contributed by atoms with E-state index in [1.807, 2.05) is 30.3 Å². The van der Waals surface area contributed by atoms with Gasteiger partial charge in [0, 0.05) is 12.5 Å².